The maximum atomic E-state index is 3.55. The Morgan fingerprint density at radius 1 is 1.31 bits per heavy atom. The maximum Gasteiger partial charge on any atom is 0.0372 e. The molecule has 0 aromatic heterocycles. The average Bonchev–Trinajstić information content (AvgIpc) is 3.12. The normalized spacial score (nSPS) is 24.0. The van der Waals surface area contributed by atoms with Crippen LogP contribution >= 0.6 is 0 Å². The van der Waals surface area contributed by atoms with E-state index in [1.54, 1.807) is 0 Å². The first-order valence-electron chi connectivity index (χ1n) is 6.35. The molecule has 1 aliphatic carbocycles. The molecule has 0 amide bonds. The lowest BCUT2D eigenvalue weighted by atomic mass is 9.93. The van der Waals surface area contributed by atoms with Crippen molar-refractivity contribution in [2.75, 3.05) is 25.5 Å². The van der Waals surface area contributed by atoms with Gasteiger partial charge in [-0.1, -0.05) is 18.2 Å². The number of rotatable bonds is 3. The van der Waals surface area contributed by atoms with E-state index < -0.39 is 0 Å². The standard InChI is InChI=1S/C14H20N2/c1-16(13-6-7-13)10-11-8-12-4-2-3-5-14(12)15-9-11/h2-5,11,13,15H,6-10H2,1H3. The van der Waals surface area contributed by atoms with E-state index in [1.165, 1.54) is 37.1 Å². The Kier molecular flexibility index (Phi) is 2.60. The number of nitrogens with one attached hydrogen (secondary N) is 1. The van der Waals surface area contributed by atoms with Crippen molar-refractivity contribution in [2.24, 2.45) is 5.92 Å². The topological polar surface area (TPSA) is 15.3 Å². The van der Waals surface area contributed by atoms with E-state index in [0.717, 1.165) is 18.5 Å². The van der Waals surface area contributed by atoms with Gasteiger partial charge in [0.2, 0.25) is 0 Å². The van der Waals surface area contributed by atoms with E-state index in [-0.39, 0.29) is 0 Å². The third-order valence-corrected chi connectivity index (χ3v) is 3.82. The zero-order valence-corrected chi connectivity index (χ0v) is 9.95. The van der Waals surface area contributed by atoms with Gasteiger partial charge in [-0.3, -0.25) is 0 Å². The van der Waals surface area contributed by atoms with Crippen molar-refractivity contribution in [3.63, 3.8) is 0 Å². The minimum absolute atomic E-state index is 0.778. The Labute approximate surface area is 97.6 Å². The first-order valence-corrected chi connectivity index (χ1v) is 6.35. The molecule has 1 saturated carbocycles. The molecule has 0 saturated heterocycles. The Bertz CT molecular complexity index is 371. The zero-order chi connectivity index (χ0) is 11.0. The SMILES string of the molecule is CN(CC1CNc2ccccc2C1)C1CC1. The number of fused-ring (bicyclic) bond motifs is 1. The van der Waals surface area contributed by atoms with Gasteiger partial charge in [0.25, 0.3) is 0 Å². The first-order chi connectivity index (χ1) is 7.83. The molecular formula is C14H20N2. The van der Waals surface area contributed by atoms with E-state index >= 15 is 0 Å². The molecule has 2 nitrogen and oxygen atoms in total. The van der Waals surface area contributed by atoms with E-state index in [9.17, 15) is 0 Å². The van der Waals surface area contributed by atoms with Crippen molar-refractivity contribution < 1.29 is 0 Å². The van der Waals surface area contributed by atoms with Gasteiger partial charge in [-0.2, -0.15) is 0 Å². The third kappa shape index (κ3) is 2.07. The van der Waals surface area contributed by atoms with Crippen LogP contribution in [0.2, 0.25) is 0 Å². The fourth-order valence-corrected chi connectivity index (χ4v) is 2.71. The summed E-state index contributed by atoms with van der Waals surface area (Å²) in [6.45, 7) is 2.38. The monoisotopic (exact) mass is 216 g/mol. The highest BCUT2D eigenvalue weighted by atomic mass is 15.2. The number of hydrogen-bond acceptors (Lipinski definition) is 2. The molecule has 1 aromatic rings. The van der Waals surface area contributed by atoms with Crippen LogP contribution in [0.5, 0.6) is 0 Å². The molecule has 0 radical (unpaired) electrons. The summed E-state index contributed by atoms with van der Waals surface area (Å²) in [5, 5.41) is 3.55. The molecule has 0 bridgehead atoms. The number of para-hydroxylation sites is 1. The molecule has 1 aromatic carbocycles. The van der Waals surface area contributed by atoms with Crippen molar-refractivity contribution in [3.05, 3.63) is 29.8 Å². The fourth-order valence-electron chi connectivity index (χ4n) is 2.71. The van der Waals surface area contributed by atoms with Crippen LogP contribution in [-0.4, -0.2) is 31.1 Å². The van der Waals surface area contributed by atoms with Crippen molar-refractivity contribution in [2.45, 2.75) is 25.3 Å². The lowest BCUT2D eigenvalue weighted by Gasteiger charge is -2.29. The van der Waals surface area contributed by atoms with Crippen LogP contribution in [0.15, 0.2) is 24.3 Å². The van der Waals surface area contributed by atoms with E-state index in [2.05, 4.69) is 41.5 Å². The highest BCUT2D eigenvalue weighted by Gasteiger charge is 2.28. The Morgan fingerprint density at radius 2 is 2.12 bits per heavy atom. The molecule has 2 heteroatoms. The van der Waals surface area contributed by atoms with Crippen LogP contribution in [0.3, 0.4) is 0 Å². The highest BCUT2D eigenvalue weighted by molar-refractivity contribution is 5.53. The number of benzene rings is 1. The van der Waals surface area contributed by atoms with Crippen molar-refractivity contribution in [3.8, 4) is 0 Å². The quantitative estimate of drug-likeness (QED) is 0.834. The molecule has 3 rings (SSSR count). The van der Waals surface area contributed by atoms with E-state index in [1.807, 2.05) is 0 Å². The summed E-state index contributed by atoms with van der Waals surface area (Å²) >= 11 is 0. The zero-order valence-electron chi connectivity index (χ0n) is 9.95. The van der Waals surface area contributed by atoms with Gasteiger partial charge in [-0.15, -0.1) is 0 Å². The fraction of sp³-hybridized carbons (Fsp3) is 0.571. The van der Waals surface area contributed by atoms with Gasteiger partial charge in [0.1, 0.15) is 0 Å². The van der Waals surface area contributed by atoms with Crippen LogP contribution in [0.4, 0.5) is 5.69 Å². The maximum absolute atomic E-state index is 3.55. The summed E-state index contributed by atoms with van der Waals surface area (Å²) in [7, 11) is 2.28. The lowest BCUT2D eigenvalue weighted by Crippen LogP contribution is -2.34. The summed E-state index contributed by atoms with van der Waals surface area (Å²) in [6, 6.07) is 9.59. The van der Waals surface area contributed by atoms with Crippen molar-refractivity contribution in [1.82, 2.24) is 4.90 Å². The first kappa shape index (κ1) is 10.2. The van der Waals surface area contributed by atoms with Gasteiger partial charge >= 0.3 is 0 Å². The van der Waals surface area contributed by atoms with Gasteiger partial charge in [0, 0.05) is 24.8 Å². The molecular weight excluding hydrogens is 196 g/mol. The van der Waals surface area contributed by atoms with Gasteiger partial charge in [-0.05, 0) is 43.9 Å². The molecule has 1 atom stereocenters. The number of anilines is 1. The van der Waals surface area contributed by atoms with Gasteiger partial charge in [0.05, 0.1) is 0 Å². The minimum Gasteiger partial charge on any atom is -0.384 e. The minimum atomic E-state index is 0.778. The molecule has 0 spiro atoms. The predicted molar refractivity (Wildman–Crippen MR) is 67.8 cm³/mol. The number of hydrogen-bond donors (Lipinski definition) is 1. The van der Waals surface area contributed by atoms with E-state index in [4.69, 9.17) is 0 Å². The lowest BCUT2D eigenvalue weighted by molar-refractivity contribution is 0.269. The Balaban J connectivity index is 1.63. The smallest absolute Gasteiger partial charge is 0.0372 e. The summed E-state index contributed by atoms with van der Waals surface area (Å²) in [5.74, 6) is 0.778. The summed E-state index contributed by atoms with van der Waals surface area (Å²) in [5.41, 5.74) is 2.83. The molecule has 1 N–H and O–H groups in total. The van der Waals surface area contributed by atoms with Gasteiger partial charge in [-0.25, -0.2) is 0 Å². The Morgan fingerprint density at radius 3 is 2.94 bits per heavy atom. The van der Waals surface area contributed by atoms with E-state index in [0.29, 0.717) is 0 Å². The molecule has 1 unspecified atom stereocenters. The van der Waals surface area contributed by atoms with Crippen LogP contribution in [0.25, 0.3) is 0 Å². The van der Waals surface area contributed by atoms with Crippen LogP contribution in [0, 0.1) is 5.92 Å². The van der Waals surface area contributed by atoms with Crippen LogP contribution in [0.1, 0.15) is 18.4 Å². The Hall–Kier alpha value is -1.02. The average molecular weight is 216 g/mol. The van der Waals surface area contributed by atoms with Crippen LogP contribution in [-0.2, 0) is 6.42 Å². The van der Waals surface area contributed by atoms with Gasteiger partial charge < -0.3 is 10.2 Å². The highest BCUT2D eigenvalue weighted by Crippen LogP contribution is 2.29. The molecule has 1 heterocycles. The van der Waals surface area contributed by atoms with Crippen molar-refractivity contribution in [1.29, 1.82) is 0 Å². The second-order valence-electron chi connectivity index (χ2n) is 5.28. The third-order valence-electron chi connectivity index (χ3n) is 3.82. The predicted octanol–water partition coefficient (Wildman–Crippen LogP) is 2.37. The second-order valence-corrected chi connectivity index (χ2v) is 5.28. The summed E-state index contributed by atoms with van der Waals surface area (Å²) < 4.78 is 0. The van der Waals surface area contributed by atoms with Crippen LogP contribution < -0.4 is 5.32 Å². The molecule has 1 aliphatic heterocycles. The molecule has 86 valence electrons. The summed E-state index contributed by atoms with van der Waals surface area (Å²) in [4.78, 5) is 2.54. The van der Waals surface area contributed by atoms with Gasteiger partial charge in [0.15, 0.2) is 0 Å². The molecule has 2 aliphatic rings. The molecule has 16 heavy (non-hydrogen) atoms. The molecule has 1 fully saturated rings. The van der Waals surface area contributed by atoms with Crippen molar-refractivity contribution >= 4 is 5.69 Å². The number of nitrogens with zero attached hydrogens (tertiary/aromatic N) is 1. The summed E-state index contributed by atoms with van der Waals surface area (Å²) in [6.07, 6.45) is 4.06. The largest absolute Gasteiger partial charge is 0.384 e. The second kappa shape index (κ2) is 4.10.